The van der Waals surface area contributed by atoms with Crippen LogP contribution in [-0.2, 0) is 4.79 Å². The predicted molar refractivity (Wildman–Crippen MR) is 49.5 cm³/mol. The molecule has 0 unspecified atom stereocenters. The van der Waals surface area contributed by atoms with Crippen LogP contribution >= 0.6 is 11.8 Å². The van der Waals surface area contributed by atoms with Crippen LogP contribution < -0.4 is 4.90 Å². The highest BCUT2D eigenvalue weighted by Gasteiger charge is 2.33. The number of carbonyl (C=O) groups excluding carboxylic acids is 2. The Morgan fingerprint density at radius 1 is 1.31 bits per heavy atom. The first-order valence-electron chi connectivity index (χ1n) is 4.58. The van der Waals surface area contributed by atoms with Gasteiger partial charge in [0.2, 0.25) is 5.91 Å². The topological polar surface area (TPSA) is 41.8 Å². The van der Waals surface area contributed by atoms with E-state index in [1.165, 1.54) is 22.6 Å². The normalized spacial score (nSPS) is 24.8. The van der Waals surface area contributed by atoms with E-state index in [4.69, 9.17) is 0 Å². The first kappa shape index (κ1) is 9.02. The number of quaternary nitrogens is 1. The minimum atomic E-state index is -0.0654. The van der Waals surface area contributed by atoms with E-state index in [1.54, 1.807) is 0 Å². The van der Waals surface area contributed by atoms with Crippen molar-refractivity contribution in [1.29, 1.82) is 0 Å². The van der Waals surface area contributed by atoms with Crippen molar-refractivity contribution in [3.63, 3.8) is 0 Å². The average Bonchev–Trinajstić information content (AvgIpc) is 2.70. The molecule has 2 aliphatic rings. The van der Waals surface area contributed by atoms with Crippen LogP contribution in [0.25, 0.3) is 0 Å². The molecule has 4 nitrogen and oxygen atoms in total. The zero-order valence-corrected chi connectivity index (χ0v) is 8.23. The third-order valence-electron chi connectivity index (χ3n) is 2.53. The third kappa shape index (κ3) is 1.86. The Balaban J connectivity index is 1.92. The fourth-order valence-electron chi connectivity index (χ4n) is 1.79. The number of rotatable bonds is 2. The van der Waals surface area contributed by atoms with E-state index in [9.17, 15) is 9.59 Å². The van der Waals surface area contributed by atoms with Crippen LogP contribution in [0.5, 0.6) is 0 Å². The smallest absolute Gasteiger partial charge is 0.293 e. The van der Waals surface area contributed by atoms with Crippen LogP contribution in [-0.4, -0.2) is 41.6 Å². The quantitative estimate of drug-likeness (QED) is 0.643. The standard InChI is InChI=1S/C8H12N2O2S/c11-7-5-13-8(12)10(7)6-9-3-1-2-4-9/h1-6H2/p+1. The summed E-state index contributed by atoms with van der Waals surface area (Å²) in [5, 5.41) is -0.0654. The maximum Gasteiger partial charge on any atom is 0.293 e. The number of hydrogen-bond acceptors (Lipinski definition) is 3. The molecule has 2 amide bonds. The molecule has 0 saturated carbocycles. The van der Waals surface area contributed by atoms with Gasteiger partial charge >= 0.3 is 0 Å². The van der Waals surface area contributed by atoms with E-state index < -0.39 is 0 Å². The maximum absolute atomic E-state index is 11.2. The van der Waals surface area contributed by atoms with Gasteiger partial charge in [-0.1, -0.05) is 11.8 Å². The van der Waals surface area contributed by atoms with E-state index in [2.05, 4.69) is 0 Å². The van der Waals surface area contributed by atoms with Crippen molar-refractivity contribution in [2.24, 2.45) is 0 Å². The molecule has 2 saturated heterocycles. The molecule has 0 aromatic heterocycles. The van der Waals surface area contributed by atoms with Gasteiger partial charge in [0.25, 0.3) is 5.24 Å². The molecule has 1 N–H and O–H groups in total. The Bertz CT molecular complexity index is 222. The molecule has 0 atom stereocenters. The fourth-order valence-corrected chi connectivity index (χ4v) is 2.52. The number of hydrogen-bond donors (Lipinski definition) is 1. The van der Waals surface area contributed by atoms with Gasteiger partial charge < -0.3 is 4.90 Å². The van der Waals surface area contributed by atoms with Gasteiger partial charge in [-0.3, -0.25) is 9.59 Å². The van der Waals surface area contributed by atoms with E-state index in [1.807, 2.05) is 0 Å². The molecule has 0 aromatic carbocycles. The van der Waals surface area contributed by atoms with E-state index in [-0.39, 0.29) is 11.1 Å². The maximum atomic E-state index is 11.2. The summed E-state index contributed by atoms with van der Waals surface area (Å²) in [5.74, 6) is 0.320. The molecule has 2 heterocycles. The molecule has 0 aliphatic carbocycles. The molecule has 0 spiro atoms. The number of imide groups is 1. The van der Waals surface area contributed by atoms with Gasteiger partial charge in [0.1, 0.15) is 0 Å². The van der Waals surface area contributed by atoms with Crippen molar-refractivity contribution >= 4 is 22.9 Å². The average molecular weight is 201 g/mol. The number of thioether (sulfide) groups is 1. The third-order valence-corrected chi connectivity index (χ3v) is 3.39. The highest BCUT2D eigenvalue weighted by Crippen LogP contribution is 2.16. The summed E-state index contributed by atoms with van der Waals surface area (Å²) in [6.07, 6.45) is 2.44. The van der Waals surface area contributed by atoms with Crippen LogP contribution in [0.1, 0.15) is 12.8 Å². The number of amides is 2. The lowest BCUT2D eigenvalue weighted by Gasteiger charge is -2.18. The van der Waals surface area contributed by atoms with Gasteiger partial charge in [-0.05, 0) is 0 Å². The molecule has 0 bridgehead atoms. The van der Waals surface area contributed by atoms with Gasteiger partial charge in [0.05, 0.1) is 18.8 Å². The van der Waals surface area contributed by atoms with Crippen molar-refractivity contribution in [2.75, 3.05) is 25.5 Å². The van der Waals surface area contributed by atoms with Gasteiger partial charge in [-0.2, -0.15) is 0 Å². The number of likely N-dealkylation sites (tertiary alicyclic amines) is 1. The molecular formula is C8H13N2O2S+. The molecule has 72 valence electrons. The Hall–Kier alpha value is -0.550. The fraction of sp³-hybridized carbons (Fsp3) is 0.750. The monoisotopic (exact) mass is 201 g/mol. The Morgan fingerprint density at radius 2 is 2.00 bits per heavy atom. The first-order chi connectivity index (χ1) is 6.27. The lowest BCUT2D eigenvalue weighted by atomic mass is 10.4. The molecule has 2 rings (SSSR count). The summed E-state index contributed by atoms with van der Waals surface area (Å²) < 4.78 is 0. The Morgan fingerprint density at radius 3 is 2.54 bits per heavy atom. The Labute approximate surface area is 81.2 Å². The predicted octanol–water partition coefficient (Wildman–Crippen LogP) is -0.682. The van der Waals surface area contributed by atoms with Gasteiger partial charge in [0, 0.05) is 12.8 Å². The molecule has 13 heavy (non-hydrogen) atoms. The lowest BCUT2D eigenvalue weighted by molar-refractivity contribution is -0.894. The van der Waals surface area contributed by atoms with Crippen molar-refractivity contribution in [3.05, 3.63) is 0 Å². The second-order valence-electron chi connectivity index (χ2n) is 3.49. The van der Waals surface area contributed by atoms with E-state index in [0.29, 0.717) is 12.4 Å². The highest BCUT2D eigenvalue weighted by atomic mass is 32.2. The van der Waals surface area contributed by atoms with Gasteiger partial charge in [-0.25, -0.2) is 4.90 Å². The van der Waals surface area contributed by atoms with Crippen LogP contribution in [0.4, 0.5) is 4.79 Å². The van der Waals surface area contributed by atoms with Gasteiger partial charge in [-0.15, -0.1) is 0 Å². The number of nitrogens with zero attached hydrogens (tertiary/aromatic N) is 1. The van der Waals surface area contributed by atoms with E-state index >= 15 is 0 Å². The first-order valence-corrected chi connectivity index (χ1v) is 5.56. The van der Waals surface area contributed by atoms with Crippen molar-refractivity contribution < 1.29 is 14.5 Å². The van der Waals surface area contributed by atoms with E-state index in [0.717, 1.165) is 24.9 Å². The summed E-state index contributed by atoms with van der Waals surface area (Å²) in [7, 11) is 0. The van der Waals surface area contributed by atoms with Crippen LogP contribution in [0.15, 0.2) is 0 Å². The van der Waals surface area contributed by atoms with Crippen LogP contribution in [0.3, 0.4) is 0 Å². The number of carbonyl (C=O) groups is 2. The molecule has 2 fully saturated rings. The molecule has 0 radical (unpaired) electrons. The van der Waals surface area contributed by atoms with Crippen molar-refractivity contribution in [2.45, 2.75) is 12.8 Å². The van der Waals surface area contributed by atoms with Crippen LogP contribution in [0.2, 0.25) is 0 Å². The molecule has 2 aliphatic heterocycles. The van der Waals surface area contributed by atoms with Crippen molar-refractivity contribution in [1.82, 2.24) is 4.90 Å². The zero-order chi connectivity index (χ0) is 9.26. The summed E-state index contributed by atoms with van der Waals surface area (Å²) in [6, 6.07) is 0. The largest absolute Gasteiger partial charge is 0.317 e. The molecular weight excluding hydrogens is 188 g/mol. The van der Waals surface area contributed by atoms with Crippen molar-refractivity contribution in [3.8, 4) is 0 Å². The number of nitrogens with one attached hydrogen (secondary N) is 1. The van der Waals surface area contributed by atoms with Crippen LogP contribution in [0, 0.1) is 0 Å². The summed E-state index contributed by atoms with van der Waals surface area (Å²) in [5.41, 5.74) is 0. The summed E-state index contributed by atoms with van der Waals surface area (Å²) in [4.78, 5) is 25.2. The van der Waals surface area contributed by atoms with Gasteiger partial charge in [0.15, 0.2) is 6.67 Å². The minimum absolute atomic E-state index is 0.0191. The molecule has 5 heteroatoms. The summed E-state index contributed by atoms with van der Waals surface area (Å²) in [6.45, 7) is 2.79. The lowest BCUT2D eigenvalue weighted by Crippen LogP contribution is -3.11. The summed E-state index contributed by atoms with van der Waals surface area (Å²) >= 11 is 1.12. The Kier molecular flexibility index (Phi) is 2.55. The highest BCUT2D eigenvalue weighted by molar-refractivity contribution is 8.14. The molecule has 0 aromatic rings. The SMILES string of the molecule is O=C1CSC(=O)N1C[NH+]1CCCC1. The second kappa shape index (κ2) is 3.67. The zero-order valence-electron chi connectivity index (χ0n) is 7.41. The second-order valence-corrected chi connectivity index (χ2v) is 4.42. The minimum Gasteiger partial charge on any atom is -0.317 e.